The van der Waals surface area contributed by atoms with Crippen molar-refractivity contribution in [2.75, 3.05) is 32.9 Å². The first-order valence-corrected chi connectivity index (χ1v) is 8.17. The summed E-state index contributed by atoms with van der Waals surface area (Å²) in [6.07, 6.45) is 5.48. The highest BCUT2D eigenvalue weighted by atomic mass is 16.5. The van der Waals surface area contributed by atoms with Crippen molar-refractivity contribution in [3.8, 4) is 0 Å². The van der Waals surface area contributed by atoms with E-state index in [9.17, 15) is 0 Å². The quantitative estimate of drug-likeness (QED) is 0.597. The van der Waals surface area contributed by atoms with Crippen molar-refractivity contribution < 1.29 is 14.0 Å². The lowest BCUT2D eigenvalue weighted by molar-refractivity contribution is -0.152. The molecule has 1 aromatic rings. The zero-order valence-corrected chi connectivity index (χ0v) is 13.4. The smallest absolute Gasteiger partial charge is 0.133 e. The van der Waals surface area contributed by atoms with Crippen LogP contribution >= 0.6 is 0 Å². The molecule has 22 heavy (non-hydrogen) atoms. The van der Waals surface area contributed by atoms with E-state index in [1.54, 1.807) is 0 Å². The fourth-order valence-electron chi connectivity index (χ4n) is 3.80. The van der Waals surface area contributed by atoms with Crippen LogP contribution in [0.25, 0.3) is 0 Å². The van der Waals surface area contributed by atoms with Crippen molar-refractivity contribution in [1.29, 1.82) is 0 Å². The normalized spacial score (nSPS) is 29.2. The van der Waals surface area contributed by atoms with Gasteiger partial charge in [0.1, 0.15) is 5.76 Å². The number of hydrogen-bond acceptors (Lipinski definition) is 5. The summed E-state index contributed by atoms with van der Waals surface area (Å²) in [5.41, 5.74) is 1.12. The third-order valence-corrected chi connectivity index (χ3v) is 4.75. The molecule has 2 atom stereocenters. The summed E-state index contributed by atoms with van der Waals surface area (Å²) >= 11 is 0. The van der Waals surface area contributed by atoms with E-state index in [2.05, 4.69) is 16.6 Å². The second-order valence-corrected chi connectivity index (χ2v) is 6.56. The van der Waals surface area contributed by atoms with Crippen LogP contribution in [0.15, 0.2) is 23.2 Å². The molecular weight excluding hydrogens is 280 g/mol. The van der Waals surface area contributed by atoms with E-state index in [1.807, 2.05) is 19.1 Å². The van der Waals surface area contributed by atoms with Crippen LogP contribution in [-0.2, 0) is 16.0 Å². The zero-order chi connectivity index (χ0) is 15.4. The molecule has 5 nitrogen and oxygen atoms in total. The van der Waals surface area contributed by atoms with Crippen LogP contribution in [0.1, 0.15) is 30.7 Å². The molecule has 0 aromatic carbocycles. The fraction of sp³-hybridized carbons (Fsp3) is 0.706. The van der Waals surface area contributed by atoms with Gasteiger partial charge >= 0.3 is 0 Å². The Balaban J connectivity index is 1.66. The van der Waals surface area contributed by atoms with Gasteiger partial charge in [0, 0.05) is 37.7 Å². The first-order chi connectivity index (χ1) is 10.7. The van der Waals surface area contributed by atoms with Crippen molar-refractivity contribution >= 4 is 0 Å². The number of hydrogen-bond donors (Lipinski definition) is 0. The molecular formula is C17H26N2O3. The van der Waals surface area contributed by atoms with Gasteiger partial charge in [-0.3, -0.25) is 4.90 Å². The molecule has 0 radical (unpaired) electrons. The van der Waals surface area contributed by atoms with Crippen LogP contribution in [0.3, 0.4) is 0 Å². The average Bonchev–Trinajstić information content (AvgIpc) is 2.92. The molecule has 0 N–H and O–H groups in total. The van der Waals surface area contributed by atoms with Crippen LogP contribution in [0.2, 0.25) is 0 Å². The summed E-state index contributed by atoms with van der Waals surface area (Å²) in [5.74, 6) is 0.870. The standard InChI is InChI=1S/C17H26N2O3/c1-3-8-20-13-17-6-4-9-21-16(17)5-7-19(12-17)11-15-10-14(2)22-18-15/h3,10,16H,1,4-9,11-13H2,2H3/t16-,17+/m0/s1. The van der Waals surface area contributed by atoms with Gasteiger partial charge in [-0.1, -0.05) is 11.2 Å². The summed E-state index contributed by atoms with van der Waals surface area (Å²) in [6, 6.07) is 2.02. The maximum absolute atomic E-state index is 6.05. The molecule has 3 rings (SSSR count). The van der Waals surface area contributed by atoms with Crippen molar-refractivity contribution in [1.82, 2.24) is 10.1 Å². The largest absolute Gasteiger partial charge is 0.377 e. The molecule has 0 saturated carbocycles. The van der Waals surface area contributed by atoms with Crippen molar-refractivity contribution in [2.24, 2.45) is 5.41 Å². The highest BCUT2D eigenvalue weighted by Gasteiger charge is 2.46. The number of aryl methyl sites for hydroxylation is 1. The van der Waals surface area contributed by atoms with Gasteiger partial charge in [0.15, 0.2) is 0 Å². The molecule has 0 spiro atoms. The monoisotopic (exact) mass is 306 g/mol. The maximum Gasteiger partial charge on any atom is 0.133 e. The predicted octanol–water partition coefficient (Wildman–Crippen LogP) is 2.56. The Labute approximate surface area is 132 Å². The maximum atomic E-state index is 6.05. The van der Waals surface area contributed by atoms with E-state index in [-0.39, 0.29) is 5.41 Å². The van der Waals surface area contributed by atoms with E-state index in [0.29, 0.717) is 12.7 Å². The Morgan fingerprint density at radius 1 is 1.59 bits per heavy atom. The van der Waals surface area contributed by atoms with E-state index in [0.717, 1.165) is 57.1 Å². The van der Waals surface area contributed by atoms with Gasteiger partial charge < -0.3 is 14.0 Å². The van der Waals surface area contributed by atoms with Gasteiger partial charge in [-0.05, 0) is 26.2 Å². The minimum atomic E-state index is 0.109. The van der Waals surface area contributed by atoms with Crippen molar-refractivity contribution in [2.45, 2.75) is 38.8 Å². The summed E-state index contributed by atoms with van der Waals surface area (Å²) in [7, 11) is 0. The van der Waals surface area contributed by atoms with Gasteiger partial charge in [0.25, 0.3) is 0 Å². The number of fused-ring (bicyclic) bond motifs is 1. The van der Waals surface area contributed by atoms with Crippen LogP contribution in [0, 0.1) is 12.3 Å². The molecule has 5 heteroatoms. The van der Waals surface area contributed by atoms with E-state index in [1.165, 1.54) is 6.42 Å². The molecule has 3 heterocycles. The highest BCUT2D eigenvalue weighted by molar-refractivity contribution is 5.05. The first kappa shape index (κ1) is 15.7. The third-order valence-electron chi connectivity index (χ3n) is 4.75. The van der Waals surface area contributed by atoms with E-state index >= 15 is 0 Å². The van der Waals surface area contributed by atoms with Crippen molar-refractivity contribution in [3.63, 3.8) is 0 Å². The summed E-state index contributed by atoms with van der Waals surface area (Å²) < 4.78 is 17.1. The second-order valence-electron chi connectivity index (χ2n) is 6.56. The molecule has 2 aliphatic rings. The molecule has 0 amide bonds. The summed E-state index contributed by atoms with van der Waals surface area (Å²) in [4.78, 5) is 2.46. The SMILES string of the molecule is C=CCOC[C@]12CCCO[C@H]1CCN(Cc1cc(C)on1)C2. The molecule has 122 valence electrons. The minimum absolute atomic E-state index is 0.109. The van der Waals surface area contributed by atoms with Crippen LogP contribution in [0.4, 0.5) is 0 Å². The molecule has 0 bridgehead atoms. The Kier molecular flexibility index (Phi) is 4.96. The topological polar surface area (TPSA) is 47.7 Å². The summed E-state index contributed by atoms with van der Waals surface area (Å²) in [6.45, 7) is 10.8. The molecule has 2 aliphatic heterocycles. The fourth-order valence-corrected chi connectivity index (χ4v) is 3.80. The Morgan fingerprint density at radius 3 is 3.27 bits per heavy atom. The zero-order valence-electron chi connectivity index (χ0n) is 13.4. The number of aromatic nitrogens is 1. The van der Waals surface area contributed by atoms with Gasteiger partial charge in [0.2, 0.25) is 0 Å². The van der Waals surface area contributed by atoms with Gasteiger partial charge in [-0.15, -0.1) is 6.58 Å². The number of likely N-dealkylation sites (tertiary alicyclic amines) is 1. The highest BCUT2D eigenvalue weighted by Crippen LogP contribution is 2.40. The lowest BCUT2D eigenvalue weighted by Crippen LogP contribution is -2.56. The molecule has 0 unspecified atom stereocenters. The Morgan fingerprint density at radius 2 is 2.50 bits per heavy atom. The number of nitrogens with zero attached hydrogens (tertiary/aromatic N) is 2. The van der Waals surface area contributed by atoms with Gasteiger partial charge in [0.05, 0.1) is 25.0 Å². The molecule has 0 aliphatic carbocycles. The molecule has 2 saturated heterocycles. The van der Waals surface area contributed by atoms with Crippen LogP contribution in [-0.4, -0.2) is 49.1 Å². The second kappa shape index (κ2) is 6.94. The van der Waals surface area contributed by atoms with E-state index < -0.39 is 0 Å². The predicted molar refractivity (Wildman–Crippen MR) is 83.6 cm³/mol. The number of ether oxygens (including phenoxy) is 2. The number of piperidine rings is 1. The Hall–Kier alpha value is -1.17. The summed E-state index contributed by atoms with van der Waals surface area (Å²) in [5, 5.41) is 4.12. The lowest BCUT2D eigenvalue weighted by atomic mass is 9.73. The first-order valence-electron chi connectivity index (χ1n) is 8.17. The number of rotatable bonds is 6. The van der Waals surface area contributed by atoms with Crippen molar-refractivity contribution in [3.05, 3.63) is 30.2 Å². The average molecular weight is 306 g/mol. The molecule has 2 fully saturated rings. The van der Waals surface area contributed by atoms with E-state index in [4.69, 9.17) is 14.0 Å². The van der Waals surface area contributed by atoms with Crippen LogP contribution < -0.4 is 0 Å². The molecule has 1 aromatic heterocycles. The minimum Gasteiger partial charge on any atom is -0.377 e. The third kappa shape index (κ3) is 3.42. The van der Waals surface area contributed by atoms with Gasteiger partial charge in [-0.25, -0.2) is 0 Å². The lowest BCUT2D eigenvalue weighted by Gasteiger charge is -2.50. The Bertz CT molecular complexity index is 502. The van der Waals surface area contributed by atoms with Gasteiger partial charge in [-0.2, -0.15) is 0 Å². The van der Waals surface area contributed by atoms with Crippen LogP contribution in [0.5, 0.6) is 0 Å².